The fourth-order valence-corrected chi connectivity index (χ4v) is 6.74. The molecule has 0 saturated heterocycles. The molecule has 3 aliphatic rings. The van der Waals surface area contributed by atoms with Crippen LogP contribution in [0.3, 0.4) is 0 Å². The Hall–Kier alpha value is -1.07. The lowest BCUT2D eigenvalue weighted by atomic mass is 9.53. The Labute approximate surface area is 169 Å². The molecule has 0 radical (unpaired) electrons. The van der Waals surface area contributed by atoms with Crippen LogP contribution in [0.1, 0.15) is 62.5 Å². The SMILES string of the molecule is C[C@]12CC[C@@H]3c4ccc(O)cc4CC[C@H]3[C@@H]1CC[C@@]2(O)CCNC(=O)CBr. The number of phenolic OH excluding ortho intramolecular Hbond substituents is 1. The van der Waals surface area contributed by atoms with E-state index in [0.717, 1.165) is 38.5 Å². The Morgan fingerprint density at radius 2 is 2.11 bits per heavy atom. The van der Waals surface area contributed by atoms with Crippen molar-refractivity contribution in [2.75, 3.05) is 11.9 Å². The van der Waals surface area contributed by atoms with Gasteiger partial charge in [0.15, 0.2) is 0 Å². The number of carbonyl (C=O) groups excluding carboxylic acids is 1. The van der Waals surface area contributed by atoms with E-state index in [1.807, 2.05) is 12.1 Å². The third kappa shape index (κ3) is 3.11. The van der Waals surface area contributed by atoms with Crippen LogP contribution in [0.2, 0.25) is 0 Å². The molecule has 3 aliphatic carbocycles. The zero-order valence-electron chi connectivity index (χ0n) is 16.0. The van der Waals surface area contributed by atoms with Gasteiger partial charge in [-0.2, -0.15) is 0 Å². The summed E-state index contributed by atoms with van der Waals surface area (Å²) >= 11 is 3.17. The Morgan fingerprint density at radius 1 is 1.30 bits per heavy atom. The molecule has 148 valence electrons. The quantitative estimate of drug-likeness (QED) is 0.628. The number of phenols is 1. The smallest absolute Gasteiger partial charge is 0.230 e. The van der Waals surface area contributed by atoms with E-state index in [1.54, 1.807) is 0 Å². The van der Waals surface area contributed by atoms with Crippen LogP contribution in [0.5, 0.6) is 5.75 Å². The number of rotatable bonds is 4. The number of aryl methyl sites for hydroxylation is 1. The molecule has 0 bridgehead atoms. The summed E-state index contributed by atoms with van der Waals surface area (Å²) in [6, 6.07) is 5.89. The van der Waals surface area contributed by atoms with Crippen LogP contribution in [0, 0.1) is 17.3 Å². The number of carbonyl (C=O) groups is 1. The molecule has 0 heterocycles. The van der Waals surface area contributed by atoms with Gasteiger partial charge in [-0.05, 0) is 91.4 Å². The van der Waals surface area contributed by atoms with Crippen LogP contribution in [-0.2, 0) is 11.2 Å². The van der Waals surface area contributed by atoms with E-state index in [0.29, 0.717) is 41.8 Å². The fourth-order valence-electron chi connectivity index (χ4n) is 6.55. The minimum absolute atomic E-state index is 0.0193. The standard InChI is InChI=1S/C22H30BrNO3/c1-21-8-6-17-16-5-3-15(25)12-14(16)2-4-18(17)19(21)7-9-22(21,27)10-11-24-20(26)13-23/h3,5,12,17-19,25,27H,2,4,6-11,13H2,1H3,(H,24,26)/t17-,18-,19+,21+,22-/m1/s1. The Bertz CT molecular complexity index is 738. The number of benzene rings is 1. The molecule has 4 nitrogen and oxygen atoms in total. The molecule has 0 spiro atoms. The van der Waals surface area contributed by atoms with E-state index >= 15 is 0 Å². The molecular weight excluding hydrogens is 406 g/mol. The highest BCUT2D eigenvalue weighted by atomic mass is 79.9. The van der Waals surface area contributed by atoms with Crippen LogP contribution >= 0.6 is 15.9 Å². The first kappa shape index (κ1) is 19.3. The van der Waals surface area contributed by atoms with Crippen LogP contribution < -0.4 is 5.32 Å². The molecular formula is C22H30BrNO3. The second-order valence-electron chi connectivity index (χ2n) is 9.06. The molecule has 2 saturated carbocycles. The van der Waals surface area contributed by atoms with Crippen LogP contribution in [0.15, 0.2) is 18.2 Å². The van der Waals surface area contributed by atoms with E-state index in [-0.39, 0.29) is 11.3 Å². The van der Waals surface area contributed by atoms with Crippen molar-refractivity contribution in [2.45, 2.75) is 63.4 Å². The number of hydrogen-bond donors (Lipinski definition) is 3. The van der Waals surface area contributed by atoms with Crippen molar-refractivity contribution in [3.8, 4) is 5.75 Å². The lowest BCUT2D eigenvalue weighted by Crippen LogP contribution is -2.52. The first-order chi connectivity index (χ1) is 12.9. The lowest BCUT2D eigenvalue weighted by Gasteiger charge is -2.53. The average molecular weight is 436 g/mol. The van der Waals surface area contributed by atoms with E-state index in [1.165, 1.54) is 11.1 Å². The summed E-state index contributed by atoms with van der Waals surface area (Å²) in [4.78, 5) is 11.5. The van der Waals surface area contributed by atoms with Crippen molar-refractivity contribution >= 4 is 21.8 Å². The number of aromatic hydroxyl groups is 1. The molecule has 0 aromatic heterocycles. The van der Waals surface area contributed by atoms with Crippen LogP contribution in [0.25, 0.3) is 0 Å². The van der Waals surface area contributed by atoms with Gasteiger partial charge in [0.1, 0.15) is 5.75 Å². The first-order valence-electron chi connectivity index (χ1n) is 10.2. The minimum Gasteiger partial charge on any atom is -0.508 e. The van der Waals surface area contributed by atoms with E-state index < -0.39 is 5.60 Å². The van der Waals surface area contributed by atoms with E-state index in [4.69, 9.17) is 0 Å². The minimum atomic E-state index is -0.683. The van der Waals surface area contributed by atoms with Gasteiger partial charge in [0.05, 0.1) is 10.9 Å². The van der Waals surface area contributed by atoms with E-state index in [9.17, 15) is 15.0 Å². The summed E-state index contributed by atoms with van der Waals surface area (Å²) in [5.74, 6) is 2.06. The molecule has 2 fully saturated rings. The van der Waals surface area contributed by atoms with Crippen LogP contribution in [0.4, 0.5) is 0 Å². The average Bonchev–Trinajstić information content (AvgIpc) is 2.92. The molecule has 5 heteroatoms. The van der Waals surface area contributed by atoms with Gasteiger partial charge in [-0.1, -0.05) is 28.9 Å². The number of aliphatic hydroxyl groups is 1. The van der Waals surface area contributed by atoms with Crippen LogP contribution in [-0.4, -0.2) is 33.6 Å². The third-order valence-corrected chi connectivity index (χ3v) is 8.52. The molecule has 5 atom stereocenters. The van der Waals surface area contributed by atoms with Crippen molar-refractivity contribution in [3.05, 3.63) is 29.3 Å². The predicted molar refractivity (Wildman–Crippen MR) is 109 cm³/mol. The second kappa shape index (κ2) is 7.07. The number of halogens is 1. The summed E-state index contributed by atoms with van der Waals surface area (Å²) in [5.41, 5.74) is 1.98. The maximum Gasteiger partial charge on any atom is 0.230 e. The van der Waals surface area contributed by atoms with Gasteiger partial charge in [0.2, 0.25) is 5.91 Å². The maximum atomic E-state index is 11.6. The van der Waals surface area contributed by atoms with Gasteiger partial charge in [-0.15, -0.1) is 0 Å². The third-order valence-electron chi connectivity index (χ3n) is 8.01. The summed E-state index contributed by atoms with van der Waals surface area (Å²) < 4.78 is 0. The molecule has 0 aliphatic heterocycles. The lowest BCUT2D eigenvalue weighted by molar-refractivity contribution is -0.120. The summed E-state index contributed by atoms with van der Waals surface area (Å²) in [5, 5.41) is 24.6. The number of alkyl halides is 1. The molecule has 1 aromatic carbocycles. The Balaban J connectivity index is 1.53. The predicted octanol–water partition coefficient (Wildman–Crippen LogP) is 3.88. The maximum absolute atomic E-state index is 11.6. The number of nitrogens with one attached hydrogen (secondary N) is 1. The molecule has 0 unspecified atom stereocenters. The molecule has 4 rings (SSSR count). The molecule has 27 heavy (non-hydrogen) atoms. The molecule has 1 amide bonds. The van der Waals surface area contributed by atoms with Crippen molar-refractivity contribution in [3.63, 3.8) is 0 Å². The van der Waals surface area contributed by atoms with Gasteiger partial charge in [0, 0.05) is 6.54 Å². The van der Waals surface area contributed by atoms with Crippen molar-refractivity contribution in [2.24, 2.45) is 17.3 Å². The number of fused-ring (bicyclic) bond motifs is 5. The summed E-state index contributed by atoms with van der Waals surface area (Å²) in [6.07, 6.45) is 6.86. The Morgan fingerprint density at radius 3 is 2.89 bits per heavy atom. The zero-order valence-corrected chi connectivity index (χ0v) is 17.6. The highest BCUT2D eigenvalue weighted by molar-refractivity contribution is 9.09. The van der Waals surface area contributed by atoms with Gasteiger partial charge in [-0.25, -0.2) is 0 Å². The number of amides is 1. The largest absolute Gasteiger partial charge is 0.508 e. The summed E-state index contributed by atoms with van der Waals surface area (Å²) in [6.45, 7) is 2.83. The monoisotopic (exact) mass is 435 g/mol. The molecule has 3 N–H and O–H groups in total. The second-order valence-corrected chi connectivity index (χ2v) is 9.62. The van der Waals surface area contributed by atoms with Crippen molar-refractivity contribution in [1.29, 1.82) is 0 Å². The van der Waals surface area contributed by atoms with Gasteiger partial charge >= 0.3 is 0 Å². The van der Waals surface area contributed by atoms with Gasteiger partial charge in [-0.3, -0.25) is 4.79 Å². The number of hydrogen-bond acceptors (Lipinski definition) is 3. The zero-order chi connectivity index (χ0) is 19.2. The normalized spacial score (nSPS) is 37.2. The van der Waals surface area contributed by atoms with Gasteiger partial charge < -0.3 is 15.5 Å². The van der Waals surface area contributed by atoms with Crippen molar-refractivity contribution < 1.29 is 15.0 Å². The molecule has 1 aromatic rings. The van der Waals surface area contributed by atoms with Gasteiger partial charge in [0.25, 0.3) is 0 Å². The summed E-state index contributed by atoms with van der Waals surface area (Å²) in [7, 11) is 0. The highest BCUT2D eigenvalue weighted by Gasteiger charge is 2.61. The first-order valence-corrected chi connectivity index (χ1v) is 11.4. The highest BCUT2D eigenvalue weighted by Crippen LogP contribution is 2.65. The van der Waals surface area contributed by atoms with E-state index in [2.05, 4.69) is 34.2 Å². The topological polar surface area (TPSA) is 69.6 Å². The Kier molecular flexibility index (Phi) is 5.04. The fraction of sp³-hybridized carbons (Fsp3) is 0.682. The van der Waals surface area contributed by atoms with Crippen molar-refractivity contribution in [1.82, 2.24) is 5.32 Å².